The maximum atomic E-state index is 13.1. The Balaban J connectivity index is 1.69. The molecule has 0 saturated carbocycles. The summed E-state index contributed by atoms with van der Waals surface area (Å²) in [6.07, 6.45) is 7.21. The molecular weight excluding hydrogens is 529 g/mol. The van der Waals surface area contributed by atoms with Crippen LogP contribution in [0.5, 0.6) is 0 Å². The number of aromatic nitrogens is 2. The van der Waals surface area contributed by atoms with E-state index in [1.54, 1.807) is 43.3 Å². The second-order valence-electron chi connectivity index (χ2n) is 7.38. The molecule has 2 amide bonds. The summed E-state index contributed by atoms with van der Waals surface area (Å²) in [7, 11) is 0. The lowest BCUT2D eigenvalue weighted by Gasteiger charge is -2.17. The highest BCUT2D eigenvalue weighted by Crippen LogP contribution is 2.35. The molecule has 1 aliphatic heterocycles. The van der Waals surface area contributed by atoms with Gasteiger partial charge < -0.3 is 15.5 Å². The molecule has 0 bridgehead atoms. The molecule has 0 saturated heterocycles. The number of nitrogens with one attached hydrogen (secondary N) is 2. The van der Waals surface area contributed by atoms with Crippen molar-refractivity contribution >= 4 is 46.8 Å². The van der Waals surface area contributed by atoms with E-state index < -0.39 is 34.6 Å². The van der Waals surface area contributed by atoms with Crippen molar-refractivity contribution in [2.75, 3.05) is 5.32 Å². The lowest BCUT2D eigenvalue weighted by molar-refractivity contribution is -0.137. The topological polar surface area (TPSA) is 99.6 Å². The van der Waals surface area contributed by atoms with Crippen molar-refractivity contribution in [3.8, 4) is 0 Å². The fourth-order valence-electron chi connectivity index (χ4n) is 2.90. The van der Waals surface area contributed by atoms with Gasteiger partial charge in [-0.3, -0.25) is 14.6 Å². The van der Waals surface area contributed by atoms with Gasteiger partial charge in [-0.05, 0) is 38.1 Å². The van der Waals surface area contributed by atoms with E-state index in [1.165, 1.54) is 18.5 Å². The number of pyridine rings is 1. The monoisotopic (exact) mass is 548 g/mol. The van der Waals surface area contributed by atoms with Gasteiger partial charge in [0.2, 0.25) is 0 Å². The van der Waals surface area contributed by atoms with E-state index >= 15 is 0 Å². The summed E-state index contributed by atoms with van der Waals surface area (Å²) < 4.78 is 39.2. The van der Waals surface area contributed by atoms with E-state index in [1.807, 2.05) is 0 Å². The van der Waals surface area contributed by atoms with Crippen molar-refractivity contribution in [1.29, 1.82) is 0 Å². The second-order valence-corrected chi connectivity index (χ2v) is 8.85. The molecule has 0 radical (unpaired) electrons. The third-order valence-electron chi connectivity index (χ3n) is 4.66. The van der Waals surface area contributed by atoms with Crippen molar-refractivity contribution in [3.63, 3.8) is 0 Å². The van der Waals surface area contributed by atoms with Crippen LogP contribution in [0.4, 0.5) is 19.0 Å². The summed E-state index contributed by atoms with van der Waals surface area (Å²) in [6.45, 7) is 7.26. The molecule has 1 atom stereocenters. The van der Waals surface area contributed by atoms with Crippen LogP contribution in [0.1, 0.15) is 40.1 Å². The van der Waals surface area contributed by atoms with Crippen LogP contribution in [-0.4, -0.2) is 32.9 Å². The van der Waals surface area contributed by atoms with Crippen molar-refractivity contribution in [3.05, 3.63) is 93.3 Å². The summed E-state index contributed by atoms with van der Waals surface area (Å²) in [6, 6.07) is 0.0400. The largest absolute Gasteiger partial charge is 0.418 e. The molecule has 13 heteroatoms. The number of nitrogens with zero attached hydrogens (tertiary/aromatic N) is 4. The minimum absolute atomic E-state index is 0.0968. The van der Waals surface area contributed by atoms with E-state index in [0.29, 0.717) is 16.8 Å². The zero-order valence-electron chi connectivity index (χ0n) is 19.5. The lowest BCUT2D eigenvalue weighted by Crippen LogP contribution is -2.28. The van der Waals surface area contributed by atoms with Crippen molar-refractivity contribution in [2.24, 2.45) is 4.99 Å². The first-order chi connectivity index (χ1) is 17.5. The molecular formula is C24H20ClF3N6O2S. The number of hydrogen-bond donors (Lipinski definition) is 2. The van der Waals surface area contributed by atoms with E-state index in [2.05, 4.69) is 37.9 Å². The van der Waals surface area contributed by atoms with Crippen molar-refractivity contribution in [1.82, 2.24) is 20.2 Å². The molecule has 2 aromatic heterocycles. The molecule has 1 aliphatic rings. The molecule has 0 aliphatic carbocycles. The van der Waals surface area contributed by atoms with Gasteiger partial charge in [-0.25, -0.2) is 9.97 Å². The number of alkyl halides is 3. The Labute approximate surface area is 219 Å². The third-order valence-corrected chi connectivity index (χ3v) is 6.14. The van der Waals surface area contributed by atoms with Gasteiger partial charge in [-0.2, -0.15) is 13.2 Å². The maximum Gasteiger partial charge on any atom is 0.418 e. The first-order valence-corrected chi connectivity index (χ1v) is 11.8. The molecule has 37 heavy (non-hydrogen) atoms. The minimum atomic E-state index is -4.70. The Morgan fingerprint density at radius 2 is 2.08 bits per heavy atom. The highest BCUT2D eigenvalue weighted by Gasteiger charge is 2.34. The van der Waals surface area contributed by atoms with Gasteiger partial charge in [0.05, 0.1) is 29.0 Å². The predicted octanol–water partition coefficient (Wildman–Crippen LogP) is 5.63. The van der Waals surface area contributed by atoms with Crippen molar-refractivity contribution in [2.45, 2.75) is 26.1 Å². The SMILES string of the molecule is C=C(/C=C(\N=C/C)C(=O)N[C@H](C)c1ncc(C(=O)Nc2cc(C(F)(F)F)c(Cl)cn2)s1)N1C=C=CC=C1. The van der Waals surface area contributed by atoms with E-state index in [-0.39, 0.29) is 16.4 Å². The number of halogens is 4. The van der Waals surface area contributed by atoms with Crippen LogP contribution in [0, 0.1) is 0 Å². The van der Waals surface area contributed by atoms with Crippen molar-refractivity contribution < 1.29 is 22.8 Å². The fourth-order valence-corrected chi connectivity index (χ4v) is 3.92. The molecule has 0 spiro atoms. The van der Waals surface area contributed by atoms with Gasteiger partial charge in [-0.15, -0.1) is 17.1 Å². The van der Waals surface area contributed by atoms with Gasteiger partial charge in [-0.1, -0.05) is 18.2 Å². The molecule has 0 fully saturated rings. The quantitative estimate of drug-likeness (QED) is 0.193. The predicted molar refractivity (Wildman–Crippen MR) is 136 cm³/mol. The first-order valence-electron chi connectivity index (χ1n) is 10.6. The molecule has 3 heterocycles. The maximum absolute atomic E-state index is 13.1. The fraction of sp³-hybridized carbons (Fsp3) is 0.167. The van der Waals surface area contributed by atoms with Crippen LogP contribution in [0.3, 0.4) is 0 Å². The smallest absolute Gasteiger partial charge is 0.342 e. The average Bonchev–Trinajstić information content (AvgIpc) is 3.35. The van der Waals surface area contributed by atoms with E-state index in [4.69, 9.17) is 11.6 Å². The van der Waals surface area contributed by atoms with Crippen LogP contribution >= 0.6 is 22.9 Å². The third kappa shape index (κ3) is 7.26. The number of carbonyl (C=O) groups is 2. The number of anilines is 1. The second kappa shape index (κ2) is 11.8. The van der Waals surface area contributed by atoms with Gasteiger partial charge in [0, 0.05) is 24.3 Å². The summed E-state index contributed by atoms with van der Waals surface area (Å²) in [5, 5.41) is 4.86. The summed E-state index contributed by atoms with van der Waals surface area (Å²) in [4.78, 5) is 39.1. The molecule has 0 aromatic carbocycles. The number of carbonyl (C=O) groups excluding carboxylic acids is 2. The molecule has 2 N–H and O–H groups in total. The van der Waals surface area contributed by atoms with E-state index in [0.717, 1.165) is 17.5 Å². The summed E-state index contributed by atoms with van der Waals surface area (Å²) in [5.41, 5.74) is 2.36. The first kappa shape index (κ1) is 27.6. The van der Waals surface area contributed by atoms with Crippen LogP contribution in [0.25, 0.3) is 0 Å². The Morgan fingerprint density at radius 1 is 1.32 bits per heavy atom. The average molecular weight is 549 g/mol. The van der Waals surface area contributed by atoms with Crippen LogP contribution < -0.4 is 10.6 Å². The summed E-state index contributed by atoms with van der Waals surface area (Å²) in [5.74, 6) is -1.53. The number of aliphatic imine (C=N–C) groups is 1. The normalized spacial score (nSPS) is 14.2. The molecule has 2 aromatic rings. The molecule has 192 valence electrons. The number of amides is 2. The highest BCUT2D eigenvalue weighted by molar-refractivity contribution is 7.13. The summed E-state index contributed by atoms with van der Waals surface area (Å²) >= 11 is 6.52. The number of hydrogen-bond acceptors (Lipinski definition) is 7. The number of thiazole rings is 1. The van der Waals surface area contributed by atoms with Gasteiger partial charge >= 0.3 is 6.18 Å². The molecule has 0 unspecified atom stereocenters. The van der Waals surface area contributed by atoms with E-state index in [9.17, 15) is 22.8 Å². The number of rotatable bonds is 8. The van der Waals surface area contributed by atoms with Gasteiger partial charge in [0.15, 0.2) is 0 Å². The Bertz CT molecular complexity index is 1370. The van der Waals surface area contributed by atoms with Crippen LogP contribution in [-0.2, 0) is 11.0 Å². The lowest BCUT2D eigenvalue weighted by atomic mass is 10.2. The molecule has 3 rings (SSSR count). The van der Waals surface area contributed by atoms with Gasteiger partial charge in [0.1, 0.15) is 21.4 Å². The Hall–Kier alpha value is -3.99. The zero-order chi connectivity index (χ0) is 27.2. The highest BCUT2D eigenvalue weighted by atomic mass is 35.5. The molecule has 8 nitrogen and oxygen atoms in total. The van der Waals surface area contributed by atoms with Crippen LogP contribution in [0.15, 0.2) is 77.8 Å². The Morgan fingerprint density at radius 3 is 2.73 bits per heavy atom. The minimum Gasteiger partial charge on any atom is -0.342 e. The van der Waals surface area contributed by atoms with Crippen LogP contribution in [0.2, 0.25) is 5.02 Å². The number of allylic oxidation sites excluding steroid dienone is 3. The zero-order valence-corrected chi connectivity index (χ0v) is 21.1. The standard InChI is InChI=1S/C24H20ClF3N6O2S/c1-4-29-18(10-14(2)34-8-6-5-7-9-34)21(35)32-15(3)23-31-13-19(37-23)22(36)33-20-11-16(24(26,27)28)17(25)12-30-20/h4-6,8-13,15H,2H2,1,3H3,(H,32,35)(H,30,33,36)/b18-10-,29-4-/t15-/m1/s1. The Kier molecular flexibility index (Phi) is 8.82. The van der Waals surface area contributed by atoms with Gasteiger partial charge in [0.25, 0.3) is 11.8 Å².